The molecule has 0 amide bonds. The van der Waals surface area contributed by atoms with Crippen LogP contribution in [0.1, 0.15) is 41.0 Å². The minimum Gasteiger partial charge on any atom is -0.458 e. The molecule has 24 heavy (non-hydrogen) atoms. The maximum absolute atomic E-state index is 12.7. The van der Waals surface area contributed by atoms with Gasteiger partial charge in [0.15, 0.2) is 5.69 Å². The van der Waals surface area contributed by atoms with Crippen molar-refractivity contribution in [3.8, 4) is 0 Å². The van der Waals surface area contributed by atoms with Crippen LogP contribution in [0.4, 0.5) is 0 Å². The van der Waals surface area contributed by atoms with E-state index in [-0.39, 0.29) is 12.1 Å². The lowest BCUT2D eigenvalue weighted by molar-refractivity contribution is 0.0366. The van der Waals surface area contributed by atoms with E-state index in [1.54, 1.807) is 4.68 Å². The third-order valence-corrected chi connectivity index (χ3v) is 4.06. The van der Waals surface area contributed by atoms with Gasteiger partial charge in [0, 0.05) is 5.39 Å². The highest BCUT2D eigenvalue weighted by molar-refractivity contribution is 6.02. The van der Waals surface area contributed by atoms with E-state index in [4.69, 9.17) is 4.74 Å². The third kappa shape index (κ3) is 3.18. The van der Waals surface area contributed by atoms with Gasteiger partial charge < -0.3 is 4.74 Å². The molecule has 0 spiro atoms. The van der Waals surface area contributed by atoms with Gasteiger partial charge in [-0.25, -0.2) is 4.79 Å². The molecule has 0 atom stereocenters. The minimum atomic E-state index is -0.327. The van der Waals surface area contributed by atoms with Gasteiger partial charge in [0.2, 0.25) is 0 Å². The molecule has 0 N–H and O–H groups in total. The number of carbonyl (C=O) groups excluding carboxylic acids is 1. The van der Waals surface area contributed by atoms with Crippen LogP contribution >= 0.6 is 0 Å². The van der Waals surface area contributed by atoms with Crippen LogP contribution in [-0.2, 0) is 11.3 Å². The van der Waals surface area contributed by atoms with Crippen LogP contribution in [0.25, 0.3) is 10.9 Å². The molecule has 0 unspecified atom stereocenters. The SMILES string of the molecule is Cc1cc2nn(Cc3ccccc3)c(C(=O)OC(C)C)c2cc1C. The quantitative estimate of drug-likeness (QED) is 0.674. The fourth-order valence-electron chi connectivity index (χ4n) is 2.75. The van der Waals surface area contributed by atoms with Crippen LogP contribution in [0.2, 0.25) is 0 Å². The molecule has 0 aliphatic carbocycles. The molecule has 3 rings (SSSR count). The second-order valence-corrected chi connectivity index (χ2v) is 6.40. The maximum Gasteiger partial charge on any atom is 0.357 e. The highest BCUT2D eigenvalue weighted by Crippen LogP contribution is 2.24. The molecular weight excluding hydrogens is 300 g/mol. The summed E-state index contributed by atoms with van der Waals surface area (Å²) >= 11 is 0. The Morgan fingerprint density at radius 1 is 1.12 bits per heavy atom. The molecule has 4 nitrogen and oxygen atoms in total. The first-order valence-electron chi connectivity index (χ1n) is 8.18. The van der Waals surface area contributed by atoms with Crippen molar-refractivity contribution in [3.63, 3.8) is 0 Å². The zero-order valence-corrected chi connectivity index (χ0v) is 14.5. The number of fused-ring (bicyclic) bond motifs is 1. The van der Waals surface area contributed by atoms with Gasteiger partial charge in [0.05, 0.1) is 18.2 Å². The molecule has 0 aliphatic heterocycles. The number of ether oxygens (including phenoxy) is 1. The second-order valence-electron chi connectivity index (χ2n) is 6.40. The van der Waals surface area contributed by atoms with E-state index < -0.39 is 0 Å². The molecule has 3 aromatic rings. The number of nitrogens with zero attached hydrogens (tertiary/aromatic N) is 2. The smallest absolute Gasteiger partial charge is 0.357 e. The van der Waals surface area contributed by atoms with Crippen molar-refractivity contribution < 1.29 is 9.53 Å². The normalized spacial score (nSPS) is 11.2. The number of hydrogen-bond donors (Lipinski definition) is 0. The minimum absolute atomic E-state index is 0.167. The summed E-state index contributed by atoms with van der Waals surface area (Å²) in [5, 5.41) is 5.50. The average Bonchev–Trinajstić information content (AvgIpc) is 2.85. The van der Waals surface area contributed by atoms with Crippen LogP contribution in [0.5, 0.6) is 0 Å². The summed E-state index contributed by atoms with van der Waals surface area (Å²) in [4.78, 5) is 12.7. The van der Waals surface area contributed by atoms with Crippen molar-refractivity contribution in [2.75, 3.05) is 0 Å². The molecule has 0 bridgehead atoms. The highest BCUT2D eigenvalue weighted by Gasteiger charge is 2.21. The van der Waals surface area contributed by atoms with Gasteiger partial charge in [-0.05, 0) is 56.5 Å². The Labute approximate surface area is 142 Å². The van der Waals surface area contributed by atoms with E-state index in [0.717, 1.165) is 27.6 Å². The lowest BCUT2D eigenvalue weighted by Gasteiger charge is -2.11. The van der Waals surface area contributed by atoms with Gasteiger partial charge in [0.25, 0.3) is 0 Å². The van der Waals surface area contributed by atoms with E-state index in [1.165, 1.54) is 0 Å². The van der Waals surface area contributed by atoms with Crippen LogP contribution in [-0.4, -0.2) is 21.9 Å². The van der Waals surface area contributed by atoms with Gasteiger partial charge in [-0.15, -0.1) is 0 Å². The molecule has 124 valence electrons. The molecule has 0 saturated carbocycles. The number of hydrogen-bond acceptors (Lipinski definition) is 3. The summed E-state index contributed by atoms with van der Waals surface area (Å²) in [6, 6.07) is 14.1. The number of esters is 1. The first-order chi connectivity index (χ1) is 11.5. The van der Waals surface area contributed by atoms with Crippen molar-refractivity contribution in [1.29, 1.82) is 0 Å². The van der Waals surface area contributed by atoms with Crippen molar-refractivity contribution in [2.24, 2.45) is 0 Å². The summed E-state index contributed by atoms with van der Waals surface area (Å²) < 4.78 is 7.20. The molecule has 4 heteroatoms. The summed E-state index contributed by atoms with van der Waals surface area (Å²) in [6.45, 7) is 8.34. The Morgan fingerprint density at radius 3 is 2.46 bits per heavy atom. The van der Waals surface area contributed by atoms with Gasteiger partial charge in [-0.2, -0.15) is 5.10 Å². The van der Waals surface area contributed by atoms with Crippen molar-refractivity contribution in [3.05, 3.63) is 64.8 Å². The van der Waals surface area contributed by atoms with E-state index >= 15 is 0 Å². The maximum atomic E-state index is 12.7. The summed E-state index contributed by atoms with van der Waals surface area (Å²) in [7, 11) is 0. The van der Waals surface area contributed by atoms with Crippen molar-refractivity contribution in [1.82, 2.24) is 9.78 Å². The Balaban J connectivity index is 2.14. The molecule has 0 radical (unpaired) electrons. The Bertz CT molecular complexity index is 880. The first-order valence-corrected chi connectivity index (χ1v) is 8.18. The largest absolute Gasteiger partial charge is 0.458 e. The number of rotatable bonds is 4. The number of aryl methyl sites for hydroxylation is 2. The van der Waals surface area contributed by atoms with E-state index in [2.05, 4.69) is 12.0 Å². The zero-order chi connectivity index (χ0) is 17.3. The van der Waals surface area contributed by atoms with Crippen LogP contribution in [0, 0.1) is 13.8 Å². The summed E-state index contributed by atoms with van der Waals surface area (Å²) in [5.41, 5.74) is 4.74. The molecule has 1 heterocycles. The molecule has 0 fully saturated rings. The summed E-state index contributed by atoms with van der Waals surface area (Å²) in [5.74, 6) is -0.327. The number of benzene rings is 2. The highest BCUT2D eigenvalue weighted by atomic mass is 16.5. The van der Waals surface area contributed by atoms with E-state index in [1.807, 2.05) is 63.2 Å². The van der Waals surface area contributed by atoms with Gasteiger partial charge >= 0.3 is 5.97 Å². The third-order valence-electron chi connectivity index (χ3n) is 4.06. The topological polar surface area (TPSA) is 44.1 Å². The Hall–Kier alpha value is -2.62. The monoisotopic (exact) mass is 322 g/mol. The predicted molar refractivity (Wildman–Crippen MR) is 95.3 cm³/mol. The van der Waals surface area contributed by atoms with Crippen molar-refractivity contribution >= 4 is 16.9 Å². The molecule has 0 saturated heterocycles. The number of carbonyl (C=O) groups is 1. The summed E-state index contributed by atoms with van der Waals surface area (Å²) in [6.07, 6.45) is -0.167. The van der Waals surface area contributed by atoms with E-state index in [9.17, 15) is 4.79 Å². The first kappa shape index (κ1) is 16.2. The molecule has 2 aromatic carbocycles. The second kappa shape index (κ2) is 6.48. The fraction of sp³-hybridized carbons (Fsp3) is 0.300. The van der Waals surface area contributed by atoms with E-state index in [0.29, 0.717) is 12.2 Å². The van der Waals surface area contributed by atoms with Crippen LogP contribution in [0.15, 0.2) is 42.5 Å². The average molecular weight is 322 g/mol. The Kier molecular flexibility index (Phi) is 4.38. The Morgan fingerprint density at radius 2 is 1.79 bits per heavy atom. The zero-order valence-electron chi connectivity index (χ0n) is 14.5. The van der Waals surface area contributed by atoms with Gasteiger partial charge in [0.1, 0.15) is 0 Å². The standard InChI is InChI=1S/C20H22N2O2/c1-13(2)24-20(23)19-17-10-14(3)15(4)11-18(17)21-22(19)12-16-8-6-5-7-9-16/h5-11,13H,12H2,1-4H3. The van der Waals surface area contributed by atoms with Crippen molar-refractivity contribution in [2.45, 2.75) is 40.3 Å². The number of aromatic nitrogens is 2. The van der Waals surface area contributed by atoms with Gasteiger partial charge in [-0.3, -0.25) is 4.68 Å². The molecular formula is C20H22N2O2. The molecule has 1 aromatic heterocycles. The lowest BCUT2D eigenvalue weighted by Crippen LogP contribution is -2.17. The predicted octanol–water partition coefficient (Wildman–Crippen LogP) is 4.27. The van der Waals surface area contributed by atoms with Crippen LogP contribution in [0.3, 0.4) is 0 Å². The van der Waals surface area contributed by atoms with Crippen LogP contribution < -0.4 is 0 Å². The fourth-order valence-corrected chi connectivity index (χ4v) is 2.75. The molecule has 0 aliphatic rings. The van der Waals surface area contributed by atoms with Gasteiger partial charge in [-0.1, -0.05) is 30.3 Å². The lowest BCUT2D eigenvalue weighted by atomic mass is 10.1.